The third-order valence-corrected chi connectivity index (χ3v) is 3.72. The number of carbonyl (C=O) groups excluding carboxylic acids is 1. The zero-order valence-corrected chi connectivity index (χ0v) is 10.7. The van der Waals surface area contributed by atoms with Crippen LogP contribution in [0.4, 0.5) is 4.79 Å². The van der Waals surface area contributed by atoms with Gasteiger partial charge in [0.1, 0.15) is 5.60 Å². The normalized spacial score (nSPS) is 35.7. The molecule has 0 aromatic rings. The summed E-state index contributed by atoms with van der Waals surface area (Å²) >= 11 is 0. The van der Waals surface area contributed by atoms with Gasteiger partial charge in [-0.15, -0.1) is 0 Å². The molecule has 3 aliphatic rings. The van der Waals surface area contributed by atoms with E-state index in [9.17, 15) is 15.0 Å². The van der Waals surface area contributed by atoms with Crippen molar-refractivity contribution in [2.45, 2.75) is 44.8 Å². The predicted molar refractivity (Wildman–Crippen MR) is 61.5 cm³/mol. The molecular formula is C12H21NO4. The van der Waals surface area contributed by atoms with Crippen LogP contribution in [0, 0.1) is 5.41 Å². The molecule has 2 heterocycles. The molecule has 0 aromatic carbocycles. The minimum absolute atomic E-state index is 0.0615. The summed E-state index contributed by atoms with van der Waals surface area (Å²) in [6, 6.07) is 0. The molecule has 5 nitrogen and oxygen atoms in total. The van der Waals surface area contributed by atoms with Crippen LogP contribution in [0.15, 0.2) is 0 Å². The molecule has 1 amide bonds. The van der Waals surface area contributed by atoms with Crippen molar-refractivity contribution in [3.05, 3.63) is 0 Å². The van der Waals surface area contributed by atoms with Gasteiger partial charge in [0.2, 0.25) is 0 Å². The van der Waals surface area contributed by atoms with E-state index in [1.54, 1.807) is 4.90 Å². The maximum atomic E-state index is 12.0. The topological polar surface area (TPSA) is 70.0 Å². The molecule has 2 aliphatic heterocycles. The molecule has 3 fully saturated rings. The van der Waals surface area contributed by atoms with Gasteiger partial charge in [-0.1, -0.05) is 0 Å². The average molecular weight is 243 g/mol. The van der Waals surface area contributed by atoms with E-state index in [1.165, 1.54) is 0 Å². The smallest absolute Gasteiger partial charge is 0.410 e. The highest BCUT2D eigenvalue weighted by atomic mass is 16.6. The van der Waals surface area contributed by atoms with E-state index in [0.29, 0.717) is 19.4 Å². The lowest BCUT2D eigenvalue weighted by Crippen LogP contribution is -2.55. The lowest BCUT2D eigenvalue weighted by Gasteiger charge is -2.45. The van der Waals surface area contributed by atoms with Gasteiger partial charge in [0.25, 0.3) is 0 Å². The Morgan fingerprint density at radius 2 is 1.88 bits per heavy atom. The molecule has 1 aliphatic carbocycles. The Kier molecular flexibility index (Phi) is 2.67. The molecule has 98 valence electrons. The molecule has 3 rings (SSSR count). The third-order valence-electron chi connectivity index (χ3n) is 3.72. The number of hydrogen-bond donors (Lipinski definition) is 2. The highest BCUT2D eigenvalue weighted by molar-refractivity contribution is 5.71. The van der Waals surface area contributed by atoms with Crippen molar-refractivity contribution in [2.75, 3.05) is 19.8 Å². The molecule has 17 heavy (non-hydrogen) atoms. The molecule has 1 saturated carbocycles. The minimum atomic E-state index is -0.535. The monoisotopic (exact) mass is 243 g/mol. The van der Waals surface area contributed by atoms with Gasteiger partial charge in [0, 0.05) is 12.0 Å². The van der Waals surface area contributed by atoms with E-state index in [4.69, 9.17) is 4.74 Å². The van der Waals surface area contributed by atoms with Gasteiger partial charge < -0.3 is 14.9 Å². The van der Waals surface area contributed by atoms with Crippen molar-refractivity contribution in [1.82, 2.24) is 4.90 Å². The first kappa shape index (κ1) is 12.6. The zero-order chi connectivity index (χ0) is 12.9. The zero-order valence-electron chi connectivity index (χ0n) is 10.7. The molecule has 2 bridgehead atoms. The van der Waals surface area contributed by atoms with E-state index in [1.807, 2.05) is 20.8 Å². The lowest BCUT2D eigenvalue weighted by atomic mass is 9.63. The van der Waals surface area contributed by atoms with E-state index in [0.717, 1.165) is 0 Å². The molecule has 2 N–H and O–H groups in total. The van der Waals surface area contributed by atoms with Gasteiger partial charge in [-0.05, 0) is 33.6 Å². The fourth-order valence-corrected chi connectivity index (χ4v) is 3.08. The van der Waals surface area contributed by atoms with Gasteiger partial charge in [0.15, 0.2) is 0 Å². The summed E-state index contributed by atoms with van der Waals surface area (Å²) in [5.74, 6) is 0. The molecular weight excluding hydrogens is 222 g/mol. The second kappa shape index (κ2) is 3.59. The van der Waals surface area contributed by atoms with E-state index >= 15 is 0 Å². The summed E-state index contributed by atoms with van der Waals surface area (Å²) in [4.78, 5) is 13.6. The maximum Gasteiger partial charge on any atom is 0.410 e. The van der Waals surface area contributed by atoms with Gasteiger partial charge >= 0.3 is 6.09 Å². The number of carbonyl (C=O) groups is 1. The molecule has 0 atom stereocenters. The number of amides is 1. The fraction of sp³-hybridized carbons (Fsp3) is 0.917. The highest BCUT2D eigenvalue weighted by Gasteiger charge is 2.66. The standard InChI is InChI=1S/C12H21NO4/c1-10(2,3)17-9(16)13-6-11(7-14)4-12(13,5-11)8-15/h14-15H,4-8H2,1-3H3. The van der Waals surface area contributed by atoms with Crippen LogP contribution < -0.4 is 0 Å². The first-order valence-electron chi connectivity index (χ1n) is 5.98. The largest absolute Gasteiger partial charge is 0.444 e. The molecule has 2 saturated heterocycles. The highest BCUT2D eigenvalue weighted by Crippen LogP contribution is 2.59. The van der Waals surface area contributed by atoms with Crippen LogP contribution in [-0.4, -0.2) is 52.1 Å². The Balaban J connectivity index is 2.10. The summed E-state index contributed by atoms with van der Waals surface area (Å²) in [6.45, 7) is 5.94. The molecule has 5 heteroatoms. The van der Waals surface area contributed by atoms with Crippen molar-refractivity contribution in [3.63, 3.8) is 0 Å². The number of hydrogen-bond acceptors (Lipinski definition) is 4. The van der Waals surface area contributed by atoms with Crippen LogP contribution in [0.3, 0.4) is 0 Å². The molecule has 0 spiro atoms. The second-order valence-electron chi connectivity index (χ2n) is 6.46. The van der Waals surface area contributed by atoms with Crippen LogP contribution in [0.25, 0.3) is 0 Å². The number of rotatable bonds is 2. The van der Waals surface area contributed by atoms with Gasteiger partial charge in [0.05, 0.1) is 18.8 Å². The lowest BCUT2D eigenvalue weighted by molar-refractivity contribution is -0.0300. The van der Waals surface area contributed by atoms with E-state index < -0.39 is 11.1 Å². The van der Waals surface area contributed by atoms with Gasteiger partial charge in [-0.3, -0.25) is 4.90 Å². The Morgan fingerprint density at radius 1 is 1.29 bits per heavy atom. The van der Waals surface area contributed by atoms with Gasteiger partial charge in [-0.25, -0.2) is 4.79 Å². The minimum Gasteiger partial charge on any atom is -0.444 e. The molecule has 0 aromatic heterocycles. The first-order valence-corrected chi connectivity index (χ1v) is 5.98. The van der Waals surface area contributed by atoms with Gasteiger partial charge in [-0.2, -0.15) is 0 Å². The SMILES string of the molecule is CC(C)(C)OC(=O)N1CC2(CO)CC1(CO)C2. The van der Waals surface area contributed by atoms with E-state index in [-0.39, 0.29) is 24.7 Å². The first-order chi connectivity index (χ1) is 7.76. The van der Waals surface area contributed by atoms with Crippen molar-refractivity contribution < 1.29 is 19.7 Å². The Morgan fingerprint density at radius 3 is 2.29 bits per heavy atom. The summed E-state index contributed by atoms with van der Waals surface area (Å²) in [5, 5.41) is 18.8. The number of fused-ring (bicyclic) bond motifs is 1. The fourth-order valence-electron chi connectivity index (χ4n) is 3.08. The van der Waals surface area contributed by atoms with Crippen LogP contribution in [0.1, 0.15) is 33.6 Å². The second-order valence-corrected chi connectivity index (χ2v) is 6.46. The van der Waals surface area contributed by atoms with Crippen LogP contribution in [-0.2, 0) is 4.74 Å². The van der Waals surface area contributed by atoms with E-state index in [2.05, 4.69) is 0 Å². The van der Waals surface area contributed by atoms with Crippen LogP contribution >= 0.6 is 0 Å². The third kappa shape index (κ3) is 1.91. The number of aliphatic hydroxyl groups is 2. The van der Waals surface area contributed by atoms with Crippen LogP contribution in [0.5, 0.6) is 0 Å². The molecule has 0 unspecified atom stereocenters. The predicted octanol–water partition coefficient (Wildman–Crippen LogP) is 0.741. The average Bonchev–Trinajstić information content (AvgIpc) is 2.64. The van der Waals surface area contributed by atoms with Crippen molar-refractivity contribution >= 4 is 6.09 Å². The summed E-state index contributed by atoms with van der Waals surface area (Å²) in [5.41, 5.74) is -1.24. The Labute approximate surface area is 101 Å². The number of aliphatic hydroxyl groups excluding tert-OH is 2. The van der Waals surface area contributed by atoms with Crippen molar-refractivity contribution in [3.8, 4) is 0 Å². The summed E-state index contributed by atoms with van der Waals surface area (Å²) < 4.78 is 5.33. The number of nitrogens with zero attached hydrogens (tertiary/aromatic N) is 1. The Bertz CT molecular complexity index is 328. The van der Waals surface area contributed by atoms with Crippen molar-refractivity contribution in [2.24, 2.45) is 5.41 Å². The quantitative estimate of drug-likeness (QED) is 0.750. The maximum absolute atomic E-state index is 12.0. The molecule has 0 radical (unpaired) electrons. The summed E-state index contributed by atoms with van der Waals surface area (Å²) in [6.07, 6.45) is 0.956. The summed E-state index contributed by atoms with van der Waals surface area (Å²) in [7, 11) is 0. The number of ether oxygens (including phenoxy) is 1. The van der Waals surface area contributed by atoms with Crippen molar-refractivity contribution in [1.29, 1.82) is 0 Å². The Hall–Kier alpha value is -0.810. The van der Waals surface area contributed by atoms with Crippen LogP contribution in [0.2, 0.25) is 0 Å².